The number of carbonyl (C=O) groups is 3. The molecule has 1 amide bonds. The van der Waals surface area contributed by atoms with Gasteiger partial charge in [0.2, 0.25) is 12.3 Å². The van der Waals surface area contributed by atoms with E-state index < -0.39 is 35.9 Å². The molecule has 0 heterocycles. The molecular weight excluding hydrogens is 464 g/mol. The molecule has 0 aliphatic heterocycles. The van der Waals surface area contributed by atoms with Crippen molar-refractivity contribution in [2.45, 2.75) is 65.3 Å². The number of ether oxygens (including phenoxy) is 3. The monoisotopic (exact) mass is 500 g/mol. The lowest BCUT2D eigenvalue weighted by Crippen LogP contribution is -2.53. The molecule has 0 aliphatic rings. The van der Waals surface area contributed by atoms with Crippen LogP contribution in [-0.4, -0.2) is 59.1 Å². The summed E-state index contributed by atoms with van der Waals surface area (Å²) in [5.74, 6) is -1.82. The summed E-state index contributed by atoms with van der Waals surface area (Å²) in [4.78, 5) is 39.8. The van der Waals surface area contributed by atoms with Gasteiger partial charge in [0.05, 0.1) is 18.6 Å². The van der Waals surface area contributed by atoms with E-state index in [1.165, 1.54) is 4.90 Å². The standard InChI is InChI=1S/C27H36N2O7/c1-5-34-24(31)18-29(17-20-12-8-6-9-13-20)25(32)22(28-26(33)36-27(2,3)4)16-23(30)35-19-21-14-10-7-11-15-21/h6-15,22,26,28,33H,5,16-19H2,1-4H3/t22-,26?/m0/s1. The summed E-state index contributed by atoms with van der Waals surface area (Å²) in [5, 5.41) is 13.1. The minimum Gasteiger partial charge on any atom is -0.465 e. The van der Waals surface area contributed by atoms with Gasteiger partial charge in [0.25, 0.3) is 0 Å². The third-order valence-electron chi connectivity index (χ3n) is 4.87. The fourth-order valence-corrected chi connectivity index (χ4v) is 3.32. The van der Waals surface area contributed by atoms with E-state index >= 15 is 0 Å². The summed E-state index contributed by atoms with van der Waals surface area (Å²) >= 11 is 0. The van der Waals surface area contributed by atoms with Gasteiger partial charge in [-0.15, -0.1) is 0 Å². The Bertz CT molecular complexity index is 961. The second-order valence-electron chi connectivity index (χ2n) is 9.14. The third kappa shape index (κ3) is 11.0. The highest BCUT2D eigenvalue weighted by molar-refractivity contribution is 5.89. The summed E-state index contributed by atoms with van der Waals surface area (Å²) in [6.07, 6.45) is -1.92. The average Bonchev–Trinajstić information content (AvgIpc) is 2.82. The zero-order valence-corrected chi connectivity index (χ0v) is 21.3. The highest BCUT2D eigenvalue weighted by atomic mass is 16.6. The molecule has 0 bridgehead atoms. The van der Waals surface area contributed by atoms with E-state index in [-0.39, 0.29) is 32.7 Å². The molecule has 9 heteroatoms. The first kappa shape index (κ1) is 29.0. The van der Waals surface area contributed by atoms with E-state index in [1.807, 2.05) is 60.7 Å². The van der Waals surface area contributed by atoms with Crippen LogP contribution in [0.3, 0.4) is 0 Å². The van der Waals surface area contributed by atoms with Crippen molar-refractivity contribution in [3.05, 3.63) is 71.8 Å². The van der Waals surface area contributed by atoms with Crippen LogP contribution in [0.4, 0.5) is 0 Å². The Morgan fingerprint density at radius 1 is 0.917 bits per heavy atom. The lowest BCUT2D eigenvalue weighted by molar-refractivity contribution is -0.189. The van der Waals surface area contributed by atoms with Crippen LogP contribution in [-0.2, 0) is 41.7 Å². The maximum Gasteiger partial charge on any atom is 0.325 e. The van der Waals surface area contributed by atoms with Gasteiger partial charge in [0, 0.05) is 6.54 Å². The minimum absolute atomic E-state index is 0.0399. The molecule has 0 aliphatic carbocycles. The molecule has 0 saturated heterocycles. The second-order valence-corrected chi connectivity index (χ2v) is 9.14. The van der Waals surface area contributed by atoms with E-state index in [4.69, 9.17) is 14.2 Å². The Balaban J connectivity index is 2.21. The van der Waals surface area contributed by atoms with E-state index in [9.17, 15) is 19.5 Å². The zero-order valence-electron chi connectivity index (χ0n) is 21.3. The number of nitrogens with one attached hydrogen (secondary N) is 1. The molecular formula is C27H36N2O7. The molecule has 1 unspecified atom stereocenters. The molecule has 2 aromatic rings. The summed E-state index contributed by atoms with van der Waals surface area (Å²) in [6.45, 7) is 6.88. The Kier molecular flexibility index (Phi) is 11.5. The molecule has 2 N–H and O–H groups in total. The van der Waals surface area contributed by atoms with Crippen molar-refractivity contribution in [3.8, 4) is 0 Å². The molecule has 0 fully saturated rings. The SMILES string of the molecule is CCOC(=O)CN(Cc1ccccc1)C(=O)[C@H](CC(=O)OCc1ccccc1)NC(O)OC(C)(C)C. The highest BCUT2D eigenvalue weighted by Gasteiger charge is 2.32. The molecule has 2 atom stereocenters. The zero-order chi connectivity index (χ0) is 26.6. The molecule has 2 aromatic carbocycles. The summed E-state index contributed by atoms with van der Waals surface area (Å²) < 4.78 is 15.9. The van der Waals surface area contributed by atoms with Crippen molar-refractivity contribution < 1.29 is 33.7 Å². The highest BCUT2D eigenvalue weighted by Crippen LogP contribution is 2.13. The van der Waals surface area contributed by atoms with Crippen LogP contribution in [0.25, 0.3) is 0 Å². The van der Waals surface area contributed by atoms with Crippen molar-refractivity contribution in [3.63, 3.8) is 0 Å². The van der Waals surface area contributed by atoms with Crippen LogP contribution in [0.5, 0.6) is 0 Å². The molecule has 0 spiro atoms. The normalized spacial score (nSPS) is 12.9. The van der Waals surface area contributed by atoms with Crippen LogP contribution in [0.1, 0.15) is 45.2 Å². The number of rotatable bonds is 13. The van der Waals surface area contributed by atoms with Crippen LogP contribution < -0.4 is 5.32 Å². The Labute approximate surface area is 212 Å². The summed E-state index contributed by atoms with van der Waals surface area (Å²) in [7, 11) is 0. The maximum absolute atomic E-state index is 13.6. The van der Waals surface area contributed by atoms with Crippen LogP contribution in [0, 0.1) is 0 Å². The Morgan fingerprint density at radius 2 is 1.50 bits per heavy atom. The first-order valence-corrected chi connectivity index (χ1v) is 11.9. The fourth-order valence-electron chi connectivity index (χ4n) is 3.32. The smallest absolute Gasteiger partial charge is 0.325 e. The minimum atomic E-state index is -1.54. The van der Waals surface area contributed by atoms with E-state index in [0.717, 1.165) is 11.1 Å². The van der Waals surface area contributed by atoms with Crippen molar-refractivity contribution in [2.75, 3.05) is 13.2 Å². The number of hydrogen-bond acceptors (Lipinski definition) is 8. The maximum atomic E-state index is 13.6. The van der Waals surface area contributed by atoms with Crippen LogP contribution in [0.2, 0.25) is 0 Å². The molecule has 9 nitrogen and oxygen atoms in total. The van der Waals surface area contributed by atoms with Gasteiger partial charge in [-0.25, -0.2) is 0 Å². The second kappa shape index (κ2) is 14.3. The van der Waals surface area contributed by atoms with Gasteiger partial charge in [0.1, 0.15) is 19.2 Å². The fraction of sp³-hybridized carbons (Fsp3) is 0.444. The van der Waals surface area contributed by atoms with Gasteiger partial charge in [-0.05, 0) is 38.8 Å². The Hall–Kier alpha value is -3.27. The number of hydrogen-bond donors (Lipinski definition) is 2. The van der Waals surface area contributed by atoms with Crippen molar-refractivity contribution >= 4 is 17.8 Å². The number of aliphatic hydroxyl groups is 1. The number of nitrogens with zero attached hydrogens (tertiary/aromatic N) is 1. The lowest BCUT2D eigenvalue weighted by Gasteiger charge is -2.30. The van der Waals surface area contributed by atoms with Crippen molar-refractivity contribution in [1.82, 2.24) is 10.2 Å². The van der Waals surface area contributed by atoms with Gasteiger partial charge in [0.15, 0.2) is 0 Å². The number of aliphatic hydroxyl groups excluding tert-OH is 1. The lowest BCUT2D eigenvalue weighted by atomic mass is 10.1. The van der Waals surface area contributed by atoms with E-state index in [2.05, 4.69) is 5.32 Å². The number of esters is 2. The largest absolute Gasteiger partial charge is 0.465 e. The molecule has 2 rings (SSSR count). The number of benzene rings is 2. The predicted molar refractivity (Wildman–Crippen MR) is 133 cm³/mol. The van der Waals surface area contributed by atoms with E-state index in [0.29, 0.717) is 0 Å². The first-order valence-electron chi connectivity index (χ1n) is 11.9. The predicted octanol–water partition coefficient (Wildman–Crippen LogP) is 2.76. The van der Waals surface area contributed by atoms with Crippen molar-refractivity contribution in [1.29, 1.82) is 0 Å². The van der Waals surface area contributed by atoms with Gasteiger partial charge >= 0.3 is 11.9 Å². The van der Waals surface area contributed by atoms with Gasteiger partial charge < -0.3 is 24.2 Å². The van der Waals surface area contributed by atoms with Crippen LogP contribution in [0.15, 0.2) is 60.7 Å². The summed E-state index contributed by atoms with van der Waals surface area (Å²) in [6, 6.07) is 17.0. The topological polar surface area (TPSA) is 114 Å². The van der Waals surface area contributed by atoms with Gasteiger partial charge in [-0.2, -0.15) is 0 Å². The molecule has 0 saturated carbocycles. The summed E-state index contributed by atoms with van der Waals surface area (Å²) in [5.41, 5.74) is 0.862. The van der Waals surface area contributed by atoms with Gasteiger partial charge in [-0.1, -0.05) is 60.7 Å². The quantitative estimate of drug-likeness (QED) is 0.319. The molecule has 196 valence electrons. The number of amides is 1. The van der Waals surface area contributed by atoms with Crippen molar-refractivity contribution in [2.24, 2.45) is 0 Å². The molecule has 36 heavy (non-hydrogen) atoms. The van der Waals surface area contributed by atoms with Crippen LogP contribution >= 0.6 is 0 Å². The van der Waals surface area contributed by atoms with Gasteiger partial charge in [-0.3, -0.25) is 19.7 Å². The van der Waals surface area contributed by atoms with E-state index in [1.54, 1.807) is 27.7 Å². The molecule has 0 radical (unpaired) electrons. The third-order valence-corrected chi connectivity index (χ3v) is 4.87. The first-order chi connectivity index (χ1) is 17.1. The average molecular weight is 501 g/mol. The molecule has 0 aromatic heterocycles. The number of carbonyl (C=O) groups excluding carboxylic acids is 3. The Morgan fingerprint density at radius 3 is 2.06 bits per heavy atom.